The van der Waals surface area contributed by atoms with E-state index >= 15 is 0 Å². The Bertz CT molecular complexity index is 294. The lowest BCUT2D eigenvalue weighted by molar-refractivity contribution is -0.150. The quantitative estimate of drug-likeness (QED) is 0.678. The summed E-state index contributed by atoms with van der Waals surface area (Å²) in [7, 11) is 1.33. The number of rotatable bonds is 5. The molecule has 0 unspecified atom stereocenters. The van der Waals surface area contributed by atoms with Gasteiger partial charge in [0.05, 0.1) is 32.3 Å². The summed E-state index contributed by atoms with van der Waals surface area (Å²) in [5, 5.41) is 12.1. The molecule has 1 saturated heterocycles. The fourth-order valence-electron chi connectivity index (χ4n) is 2.03. The van der Waals surface area contributed by atoms with E-state index in [0.29, 0.717) is 19.3 Å². The van der Waals surface area contributed by atoms with Gasteiger partial charge in [-0.3, -0.25) is 9.59 Å². The van der Waals surface area contributed by atoms with Crippen LogP contribution in [-0.2, 0) is 19.1 Å². The van der Waals surface area contributed by atoms with Crippen LogP contribution in [0.2, 0.25) is 0 Å². The van der Waals surface area contributed by atoms with E-state index < -0.39 is 6.10 Å². The Balaban J connectivity index is 2.48. The third kappa shape index (κ3) is 4.27. The third-order valence-electron chi connectivity index (χ3n) is 3.09. The van der Waals surface area contributed by atoms with E-state index in [2.05, 4.69) is 10.1 Å². The van der Waals surface area contributed by atoms with Crippen LogP contribution in [0.5, 0.6) is 0 Å². The molecule has 1 aliphatic heterocycles. The first-order valence-corrected chi connectivity index (χ1v) is 6.23. The van der Waals surface area contributed by atoms with Crippen LogP contribution in [0.1, 0.15) is 32.6 Å². The highest BCUT2D eigenvalue weighted by atomic mass is 16.5. The van der Waals surface area contributed by atoms with Crippen molar-refractivity contribution >= 4 is 11.9 Å². The van der Waals surface area contributed by atoms with Crippen molar-refractivity contribution in [1.29, 1.82) is 0 Å². The molecule has 1 aliphatic rings. The van der Waals surface area contributed by atoms with E-state index in [1.807, 2.05) is 0 Å². The second-order valence-corrected chi connectivity index (χ2v) is 4.36. The molecule has 0 aromatic carbocycles. The molecule has 1 fully saturated rings. The van der Waals surface area contributed by atoms with Gasteiger partial charge in [0, 0.05) is 6.42 Å². The number of hydrogen-bond donors (Lipinski definition) is 2. The molecule has 0 aromatic heterocycles. The molecule has 0 aromatic rings. The minimum Gasteiger partial charge on any atom is -0.469 e. The molecule has 104 valence electrons. The van der Waals surface area contributed by atoms with E-state index in [1.165, 1.54) is 7.11 Å². The molecule has 1 amide bonds. The molecule has 18 heavy (non-hydrogen) atoms. The van der Waals surface area contributed by atoms with E-state index in [1.54, 1.807) is 6.92 Å². The summed E-state index contributed by atoms with van der Waals surface area (Å²) in [4.78, 5) is 22.5. The Morgan fingerprint density at radius 1 is 1.44 bits per heavy atom. The fraction of sp³-hybridized carbons (Fsp3) is 0.833. The van der Waals surface area contributed by atoms with Crippen molar-refractivity contribution < 1.29 is 24.2 Å². The van der Waals surface area contributed by atoms with Crippen LogP contribution in [0.3, 0.4) is 0 Å². The number of aliphatic hydroxyl groups excluding tert-OH is 1. The number of amides is 1. The number of aliphatic hydroxyl groups is 1. The van der Waals surface area contributed by atoms with E-state index in [9.17, 15) is 14.7 Å². The number of methoxy groups -OCH3 is 1. The summed E-state index contributed by atoms with van der Waals surface area (Å²) in [6.45, 7) is 1.60. The van der Waals surface area contributed by atoms with E-state index in [0.717, 1.165) is 0 Å². The predicted molar refractivity (Wildman–Crippen MR) is 63.8 cm³/mol. The normalized spacial score (nSPS) is 27.6. The van der Waals surface area contributed by atoms with Crippen molar-refractivity contribution in [2.75, 3.05) is 13.7 Å². The minimum absolute atomic E-state index is 0.0616. The summed E-state index contributed by atoms with van der Waals surface area (Å²) in [6, 6.07) is -0.184. The smallest absolute Gasteiger partial charge is 0.308 e. The number of ether oxygens (including phenoxy) is 2. The largest absolute Gasteiger partial charge is 0.469 e. The van der Waals surface area contributed by atoms with E-state index in [4.69, 9.17) is 4.74 Å². The maximum Gasteiger partial charge on any atom is 0.308 e. The van der Waals surface area contributed by atoms with Crippen LogP contribution < -0.4 is 5.32 Å². The van der Waals surface area contributed by atoms with Crippen LogP contribution in [-0.4, -0.2) is 48.9 Å². The average molecular weight is 259 g/mol. The SMILES string of the molecule is CCC(=O)N[C@@H]1CC[C@@H](CC(=O)OC)O[C@@H]1CO. The first-order valence-electron chi connectivity index (χ1n) is 6.23. The Morgan fingerprint density at radius 3 is 2.72 bits per heavy atom. The molecule has 0 bridgehead atoms. The number of hydrogen-bond acceptors (Lipinski definition) is 5. The summed E-state index contributed by atoms with van der Waals surface area (Å²) >= 11 is 0. The first kappa shape index (κ1) is 14.9. The van der Waals surface area contributed by atoms with Crippen molar-refractivity contribution in [3.05, 3.63) is 0 Å². The maximum absolute atomic E-state index is 11.3. The van der Waals surface area contributed by atoms with Crippen molar-refractivity contribution in [3.63, 3.8) is 0 Å². The molecule has 1 rings (SSSR count). The Kier molecular flexibility index (Phi) is 6.07. The molecular formula is C12H21NO5. The van der Waals surface area contributed by atoms with Crippen LogP contribution in [0, 0.1) is 0 Å². The van der Waals surface area contributed by atoms with Gasteiger partial charge in [-0.1, -0.05) is 6.92 Å². The van der Waals surface area contributed by atoms with E-state index in [-0.39, 0.29) is 37.0 Å². The summed E-state index contributed by atoms with van der Waals surface area (Å²) in [6.07, 6.45) is 1.24. The highest BCUT2D eigenvalue weighted by molar-refractivity contribution is 5.75. The highest BCUT2D eigenvalue weighted by Crippen LogP contribution is 2.22. The topological polar surface area (TPSA) is 84.9 Å². The molecule has 6 nitrogen and oxygen atoms in total. The summed E-state index contributed by atoms with van der Waals surface area (Å²) < 4.78 is 10.2. The number of nitrogens with one attached hydrogen (secondary N) is 1. The molecule has 0 radical (unpaired) electrons. The molecule has 0 saturated carbocycles. The standard InChI is InChI=1S/C12H21NO5/c1-3-11(15)13-9-5-4-8(6-12(16)17-2)18-10(9)7-14/h8-10,14H,3-7H2,1-2H3,(H,13,15)/t8-,9+,10+/m0/s1. The zero-order valence-corrected chi connectivity index (χ0v) is 10.8. The van der Waals surface area contributed by atoms with Crippen molar-refractivity contribution in [2.24, 2.45) is 0 Å². The molecule has 2 N–H and O–H groups in total. The second kappa shape index (κ2) is 7.33. The molecule has 0 spiro atoms. The van der Waals surface area contributed by atoms with Gasteiger partial charge in [0.2, 0.25) is 5.91 Å². The lowest BCUT2D eigenvalue weighted by Crippen LogP contribution is -2.51. The highest BCUT2D eigenvalue weighted by Gasteiger charge is 2.32. The number of carbonyl (C=O) groups excluding carboxylic acids is 2. The lowest BCUT2D eigenvalue weighted by atomic mass is 9.97. The fourth-order valence-corrected chi connectivity index (χ4v) is 2.03. The zero-order chi connectivity index (χ0) is 13.5. The van der Waals surface area contributed by atoms with Gasteiger partial charge in [0.15, 0.2) is 0 Å². The zero-order valence-electron chi connectivity index (χ0n) is 10.8. The van der Waals surface area contributed by atoms with Gasteiger partial charge in [-0.25, -0.2) is 0 Å². The Hall–Kier alpha value is -1.14. The van der Waals surface area contributed by atoms with Gasteiger partial charge in [-0.15, -0.1) is 0 Å². The third-order valence-corrected chi connectivity index (χ3v) is 3.09. The predicted octanol–water partition coefficient (Wildman–Crippen LogP) is -0.0158. The first-order chi connectivity index (χ1) is 8.60. The molecule has 6 heteroatoms. The Labute approximate surface area is 107 Å². The van der Waals surface area contributed by atoms with Crippen LogP contribution in [0.4, 0.5) is 0 Å². The Morgan fingerprint density at radius 2 is 2.17 bits per heavy atom. The van der Waals surface area contributed by atoms with Gasteiger partial charge in [0.25, 0.3) is 0 Å². The number of esters is 1. The van der Waals surface area contributed by atoms with Crippen LogP contribution in [0.25, 0.3) is 0 Å². The average Bonchev–Trinajstić information content (AvgIpc) is 2.39. The van der Waals surface area contributed by atoms with Crippen molar-refractivity contribution in [3.8, 4) is 0 Å². The van der Waals surface area contributed by atoms with Crippen molar-refractivity contribution in [2.45, 2.75) is 50.9 Å². The van der Waals surface area contributed by atoms with Gasteiger partial charge < -0.3 is 19.9 Å². The number of carbonyl (C=O) groups is 2. The lowest BCUT2D eigenvalue weighted by Gasteiger charge is -2.35. The van der Waals surface area contributed by atoms with Crippen LogP contribution >= 0.6 is 0 Å². The van der Waals surface area contributed by atoms with Gasteiger partial charge in [0.1, 0.15) is 6.10 Å². The second-order valence-electron chi connectivity index (χ2n) is 4.36. The minimum atomic E-state index is -0.455. The van der Waals surface area contributed by atoms with Gasteiger partial charge >= 0.3 is 5.97 Å². The molecule has 1 heterocycles. The summed E-state index contributed by atoms with van der Waals surface area (Å²) in [5.74, 6) is -0.388. The molecule has 0 aliphatic carbocycles. The monoisotopic (exact) mass is 259 g/mol. The molecule has 3 atom stereocenters. The van der Waals surface area contributed by atoms with Crippen molar-refractivity contribution in [1.82, 2.24) is 5.32 Å². The van der Waals surface area contributed by atoms with Gasteiger partial charge in [-0.2, -0.15) is 0 Å². The van der Waals surface area contributed by atoms with Crippen LogP contribution in [0.15, 0.2) is 0 Å². The summed E-state index contributed by atoms with van der Waals surface area (Å²) in [5.41, 5.74) is 0. The maximum atomic E-state index is 11.3. The molecular weight excluding hydrogens is 238 g/mol. The van der Waals surface area contributed by atoms with Gasteiger partial charge in [-0.05, 0) is 12.8 Å².